The lowest BCUT2D eigenvalue weighted by atomic mass is 9.91. The zero-order valence-electron chi connectivity index (χ0n) is 10.6. The van der Waals surface area contributed by atoms with Gasteiger partial charge in [0.1, 0.15) is 12.4 Å². The van der Waals surface area contributed by atoms with Gasteiger partial charge in [-0.2, -0.15) is 0 Å². The van der Waals surface area contributed by atoms with Gasteiger partial charge in [-0.05, 0) is 37.8 Å². The lowest BCUT2D eigenvalue weighted by molar-refractivity contribution is 0.350. The zero-order chi connectivity index (χ0) is 12.7. The fourth-order valence-corrected chi connectivity index (χ4v) is 1.75. The Morgan fingerprint density at radius 1 is 1.53 bits per heavy atom. The summed E-state index contributed by atoms with van der Waals surface area (Å²) in [7, 11) is 0. The van der Waals surface area contributed by atoms with Crippen LogP contribution in [0, 0.1) is 24.7 Å². The Hall–Kier alpha value is -1.46. The van der Waals surface area contributed by atoms with E-state index in [2.05, 4.69) is 25.3 Å². The van der Waals surface area contributed by atoms with Crippen LogP contribution in [-0.2, 0) is 6.42 Å². The molecular formula is C15H20O2. The van der Waals surface area contributed by atoms with Gasteiger partial charge in [0.15, 0.2) is 0 Å². The smallest absolute Gasteiger partial charge is 0.107 e. The molecule has 2 nitrogen and oxygen atoms in total. The molecule has 0 aliphatic rings. The summed E-state index contributed by atoms with van der Waals surface area (Å²) in [5, 5.41) is 8.58. The van der Waals surface area contributed by atoms with Crippen LogP contribution in [0.1, 0.15) is 31.1 Å². The molecule has 0 amide bonds. The molecule has 1 heterocycles. The first kappa shape index (κ1) is 13.6. The Labute approximate surface area is 103 Å². The highest BCUT2D eigenvalue weighted by molar-refractivity contribution is 5.17. The van der Waals surface area contributed by atoms with Crippen LogP contribution in [0.3, 0.4) is 0 Å². The molecule has 17 heavy (non-hydrogen) atoms. The molecule has 0 saturated heterocycles. The van der Waals surface area contributed by atoms with Crippen molar-refractivity contribution in [3.8, 4) is 11.8 Å². The highest BCUT2D eigenvalue weighted by atomic mass is 16.3. The van der Waals surface area contributed by atoms with Gasteiger partial charge in [0, 0.05) is 12.8 Å². The maximum Gasteiger partial charge on any atom is 0.107 e. The van der Waals surface area contributed by atoms with E-state index in [0.717, 1.165) is 30.6 Å². The van der Waals surface area contributed by atoms with E-state index in [1.165, 1.54) is 5.56 Å². The molecule has 1 N–H and O–H groups in total. The van der Waals surface area contributed by atoms with E-state index in [1.54, 1.807) is 6.26 Å². The predicted octanol–water partition coefficient (Wildman–Crippen LogP) is 3.10. The van der Waals surface area contributed by atoms with E-state index < -0.39 is 0 Å². The second-order valence-electron chi connectivity index (χ2n) is 4.32. The van der Waals surface area contributed by atoms with Gasteiger partial charge >= 0.3 is 0 Å². The first-order chi connectivity index (χ1) is 8.15. The first-order valence-corrected chi connectivity index (χ1v) is 5.90. The number of hydrogen-bond donors (Lipinski definition) is 1. The van der Waals surface area contributed by atoms with Crippen molar-refractivity contribution in [1.82, 2.24) is 0 Å². The van der Waals surface area contributed by atoms with E-state index in [9.17, 15) is 0 Å². The fraction of sp³-hybridized carbons (Fsp3) is 0.467. The molecule has 0 unspecified atom stereocenters. The van der Waals surface area contributed by atoms with Crippen molar-refractivity contribution >= 4 is 0 Å². The fourth-order valence-electron chi connectivity index (χ4n) is 1.75. The molecule has 0 aromatic carbocycles. The molecule has 0 saturated carbocycles. The minimum atomic E-state index is -0.0605. The van der Waals surface area contributed by atoms with Gasteiger partial charge in [-0.25, -0.2) is 0 Å². The molecule has 0 fully saturated rings. The summed E-state index contributed by atoms with van der Waals surface area (Å²) in [6.07, 6.45) is 4.36. The minimum Gasteiger partial charge on any atom is -0.469 e. The number of aryl methyl sites for hydroxylation is 1. The highest BCUT2D eigenvalue weighted by Crippen LogP contribution is 2.22. The first-order valence-electron chi connectivity index (χ1n) is 5.90. The van der Waals surface area contributed by atoms with Gasteiger partial charge in [-0.3, -0.25) is 0 Å². The third-order valence-electron chi connectivity index (χ3n) is 2.92. The van der Waals surface area contributed by atoms with Crippen molar-refractivity contribution in [2.75, 3.05) is 6.61 Å². The van der Waals surface area contributed by atoms with Crippen molar-refractivity contribution in [2.24, 2.45) is 5.92 Å². The number of rotatable bonds is 5. The van der Waals surface area contributed by atoms with Crippen molar-refractivity contribution < 1.29 is 9.52 Å². The van der Waals surface area contributed by atoms with Gasteiger partial charge < -0.3 is 9.52 Å². The number of furan rings is 1. The number of aliphatic hydroxyl groups excluding tert-OH is 1. The Bertz CT molecular complexity index is 418. The van der Waals surface area contributed by atoms with Crippen molar-refractivity contribution in [1.29, 1.82) is 0 Å². The summed E-state index contributed by atoms with van der Waals surface area (Å²) < 4.78 is 5.46. The predicted molar refractivity (Wildman–Crippen MR) is 69.5 cm³/mol. The molecule has 1 rings (SSSR count). The van der Waals surface area contributed by atoms with Gasteiger partial charge in [0.05, 0.1) is 6.26 Å². The molecule has 0 aliphatic heterocycles. The Morgan fingerprint density at radius 2 is 2.29 bits per heavy atom. The maximum absolute atomic E-state index is 8.58. The van der Waals surface area contributed by atoms with Gasteiger partial charge in [-0.15, -0.1) is 5.92 Å². The topological polar surface area (TPSA) is 33.4 Å². The average molecular weight is 232 g/mol. The monoisotopic (exact) mass is 232 g/mol. The lowest BCUT2D eigenvalue weighted by Crippen LogP contribution is -2.05. The average Bonchev–Trinajstić information content (AvgIpc) is 2.68. The van der Waals surface area contributed by atoms with E-state index in [-0.39, 0.29) is 6.61 Å². The zero-order valence-corrected chi connectivity index (χ0v) is 10.6. The lowest BCUT2D eigenvalue weighted by Gasteiger charge is -2.14. The van der Waals surface area contributed by atoms with E-state index in [0.29, 0.717) is 5.92 Å². The summed E-state index contributed by atoms with van der Waals surface area (Å²) in [5.41, 5.74) is 2.35. The van der Waals surface area contributed by atoms with E-state index >= 15 is 0 Å². The van der Waals surface area contributed by atoms with E-state index in [4.69, 9.17) is 9.52 Å². The van der Waals surface area contributed by atoms with Crippen LogP contribution >= 0.6 is 0 Å². The normalized spacial score (nSPS) is 11.7. The second-order valence-corrected chi connectivity index (χ2v) is 4.32. The quantitative estimate of drug-likeness (QED) is 0.625. The standard InChI is InChI=1S/C15H20O2/c1-12(2)14(7-5-4-6-9-16)11-15-13(3)8-10-17-15/h8,10,14,16H,1,5,7,9,11H2,2-3H3/t14-/m0/s1. The Kier molecular flexibility index (Phi) is 5.59. The summed E-state index contributed by atoms with van der Waals surface area (Å²) in [6, 6.07) is 1.98. The van der Waals surface area contributed by atoms with Crippen molar-refractivity contribution in [3.05, 3.63) is 35.8 Å². The highest BCUT2D eigenvalue weighted by Gasteiger charge is 2.13. The molecule has 92 valence electrons. The van der Waals surface area contributed by atoms with Crippen molar-refractivity contribution in [2.45, 2.75) is 33.1 Å². The summed E-state index contributed by atoms with van der Waals surface area (Å²) in [4.78, 5) is 0. The maximum atomic E-state index is 8.58. The van der Waals surface area contributed by atoms with Crippen LogP contribution in [0.25, 0.3) is 0 Å². The molecule has 0 bridgehead atoms. The van der Waals surface area contributed by atoms with Gasteiger partial charge in [0.25, 0.3) is 0 Å². The van der Waals surface area contributed by atoms with Gasteiger partial charge in [0.2, 0.25) is 0 Å². The van der Waals surface area contributed by atoms with Crippen LogP contribution in [0.2, 0.25) is 0 Å². The van der Waals surface area contributed by atoms with Gasteiger partial charge in [-0.1, -0.05) is 18.1 Å². The largest absolute Gasteiger partial charge is 0.469 e. The third-order valence-corrected chi connectivity index (χ3v) is 2.92. The molecule has 2 heteroatoms. The molecule has 0 aliphatic carbocycles. The Balaban J connectivity index is 2.55. The molecule has 1 aromatic heterocycles. The van der Waals surface area contributed by atoms with Crippen LogP contribution in [0.4, 0.5) is 0 Å². The summed E-state index contributed by atoms with van der Waals surface area (Å²) in [5.74, 6) is 7.04. The number of aliphatic hydroxyl groups is 1. The second kappa shape index (κ2) is 6.98. The Morgan fingerprint density at radius 3 is 2.82 bits per heavy atom. The van der Waals surface area contributed by atoms with Crippen molar-refractivity contribution in [3.63, 3.8) is 0 Å². The van der Waals surface area contributed by atoms with E-state index in [1.807, 2.05) is 13.0 Å². The summed E-state index contributed by atoms with van der Waals surface area (Å²) >= 11 is 0. The molecule has 0 radical (unpaired) electrons. The van der Waals surface area contributed by atoms with Crippen LogP contribution in [0.5, 0.6) is 0 Å². The molecular weight excluding hydrogens is 212 g/mol. The SMILES string of the molecule is C=C(C)[C@@H](CCC#CCO)Cc1occc1C. The third kappa shape index (κ3) is 4.50. The number of hydrogen-bond acceptors (Lipinski definition) is 2. The van der Waals surface area contributed by atoms with Crippen LogP contribution < -0.4 is 0 Å². The summed E-state index contributed by atoms with van der Waals surface area (Å²) in [6.45, 7) is 8.06. The van der Waals surface area contributed by atoms with Crippen LogP contribution in [0.15, 0.2) is 28.9 Å². The molecule has 1 aromatic rings. The van der Waals surface area contributed by atoms with Crippen LogP contribution in [-0.4, -0.2) is 11.7 Å². The molecule has 0 spiro atoms. The minimum absolute atomic E-state index is 0.0605. The number of allylic oxidation sites excluding steroid dienone is 1. The molecule has 1 atom stereocenters.